The second kappa shape index (κ2) is 12.0. The van der Waals surface area contributed by atoms with Crippen LogP contribution in [0.4, 0.5) is 30.6 Å². The van der Waals surface area contributed by atoms with Gasteiger partial charge in [0.2, 0.25) is 17.8 Å². The number of carbonyl (C=O) groups is 1. The van der Waals surface area contributed by atoms with Gasteiger partial charge in [-0.15, -0.1) is 0 Å². The molecule has 3 rings (SSSR count). The van der Waals surface area contributed by atoms with Crippen LogP contribution in [0.1, 0.15) is 43.0 Å². The molecule has 1 aliphatic rings. The Morgan fingerprint density at radius 3 is 2.42 bits per heavy atom. The number of halogens is 5. The van der Waals surface area contributed by atoms with E-state index in [0.717, 1.165) is 0 Å². The highest BCUT2D eigenvalue weighted by Crippen LogP contribution is 2.41. The molecule has 10 nitrogen and oxygen atoms in total. The molecule has 15 heteroatoms. The van der Waals surface area contributed by atoms with Crippen molar-refractivity contribution in [2.24, 2.45) is 21.6 Å². The Morgan fingerprint density at radius 1 is 1.34 bits per heavy atom. The van der Waals surface area contributed by atoms with E-state index in [4.69, 9.17) is 34.2 Å². The number of alkyl halides is 3. The maximum atomic E-state index is 13.2. The molecule has 0 radical (unpaired) electrons. The number of nitrogens with one attached hydrogen (secondary N) is 2. The quantitative estimate of drug-likeness (QED) is 0.282. The van der Waals surface area contributed by atoms with Crippen LogP contribution < -0.4 is 16.4 Å². The van der Waals surface area contributed by atoms with Crippen molar-refractivity contribution >= 4 is 59.2 Å². The summed E-state index contributed by atoms with van der Waals surface area (Å²) in [6.45, 7) is 3.65. The van der Waals surface area contributed by atoms with Gasteiger partial charge in [0.05, 0.1) is 39.7 Å². The summed E-state index contributed by atoms with van der Waals surface area (Å²) in [6, 6.07) is 2.20. The zero-order chi connectivity index (χ0) is 28.2. The topological polar surface area (TPSA) is 154 Å². The Balaban J connectivity index is 2.09. The average Bonchev–Trinajstić information content (AvgIpc) is 3.17. The number of imidazole rings is 1. The van der Waals surface area contributed by atoms with E-state index in [9.17, 15) is 23.1 Å². The third kappa shape index (κ3) is 6.56. The van der Waals surface area contributed by atoms with Gasteiger partial charge in [-0.05, 0) is 51.5 Å². The Labute approximate surface area is 226 Å². The molecular weight excluding hydrogens is 548 g/mol. The number of nitrogens with two attached hydrogens (primary N) is 1. The highest BCUT2D eigenvalue weighted by Gasteiger charge is 2.40. The Hall–Kier alpha value is -3.34. The number of carbonyl (C=O) groups excluding carboxylic acids is 1. The summed E-state index contributed by atoms with van der Waals surface area (Å²) in [5, 5.41) is 23.8. The molecule has 1 aliphatic carbocycles. The van der Waals surface area contributed by atoms with Gasteiger partial charge in [-0.3, -0.25) is 9.36 Å². The summed E-state index contributed by atoms with van der Waals surface area (Å²) >= 11 is 12.7. The second-order valence-electron chi connectivity index (χ2n) is 8.69. The van der Waals surface area contributed by atoms with E-state index in [-0.39, 0.29) is 45.0 Å². The smallest absolute Gasteiger partial charge is 0.394 e. The van der Waals surface area contributed by atoms with E-state index in [1.165, 1.54) is 12.1 Å². The van der Waals surface area contributed by atoms with Crippen molar-refractivity contribution in [3.05, 3.63) is 33.4 Å². The van der Waals surface area contributed by atoms with Crippen LogP contribution in [0, 0.1) is 24.2 Å². The molecule has 0 bridgehead atoms. The van der Waals surface area contributed by atoms with Crippen molar-refractivity contribution < 1.29 is 23.1 Å². The Bertz CT molecular complexity index is 1260. The maximum Gasteiger partial charge on any atom is 0.410 e. The summed E-state index contributed by atoms with van der Waals surface area (Å²) < 4.78 is 41.4. The SMILES string of the molecule is C=N/C(=N\c1c(C)nc(Nc2c(Cl)cc(C#N)cc2Cl)n1[C@H]1CC[C@@H](C(N)=O)CC1)N[C@H](CO)C(F)(F)F. The number of primary amides is 1. The highest BCUT2D eigenvalue weighted by atomic mass is 35.5. The van der Waals surface area contributed by atoms with Crippen LogP contribution in [-0.2, 0) is 4.79 Å². The van der Waals surface area contributed by atoms with Crippen molar-refractivity contribution in [1.82, 2.24) is 14.9 Å². The number of amides is 1. The molecule has 1 amide bonds. The van der Waals surface area contributed by atoms with Gasteiger partial charge < -0.3 is 21.5 Å². The molecule has 5 N–H and O–H groups in total. The minimum absolute atomic E-state index is 0.148. The minimum Gasteiger partial charge on any atom is -0.394 e. The number of aliphatic hydroxyl groups is 1. The normalized spacial score (nSPS) is 18.9. The van der Waals surface area contributed by atoms with E-state index in [1.807, 2.05) is 6.07 Å². The molecule has 1 aromatic carbocycles. The van der Waals surface area contributed by atoms with Crippen molar-refractivity contribution in [3.8, 4) is 6.07 Å². The first-order valence-electron chi connectivity index (χ1n) is 11.4. The molecule has 38 heavy (non-hydrogen) atoms. The molecule has 0 unspecified atom stereocenters. The van der Waals surface area contributed by atoms with Crippen molar-refractivity contribution in [2.45, 2.75) is 50.9 Å². The lowest BCUT2D eigenvalue weighted by molar-refractivity contribution is -0.159. The summed E-state index contributed by atoms with van der Waals surface area (Å²) in [5.41, 5.74) is 6.31. The largest absolute Gasteiger partial charge is 0.410 e. The number of nitriles is 1. The first kappa shape index (κ1) is 29.2. The standard InChI is InChI=1S/C23H25Cl2F3N8O2/c1-11-20(35-21(31-2)33-17(10-37)23(26,27)28)36(14-5-3-13(4-6-14)19(30)38)22(32-11)34-18-15(24)7-12(9-29)8-16(18)25/h7-8,13-14,17,37H,2-6,10H2,1H3,(H2,30,38)(H,32,34)(H,33,35)/t13-,14+,17-/m1/s1. The lowest BCUT2D eigenvalue weighted by Crippen LogP contribution is -2.47. The molecule has 0 spiro atoms. The van der Waals surface area contributed by atoms with Crippen LogP contribution in [0.3, 0.4) is 0 Å². The van der Waals surface area contributed by atoms with Crippen LogP contribution >= 0.6 is 23.2 Å². The molecular formula is C23H25Cl2F3N8O2. The van der Waals surface area contributed by atoms with Crippen molar-refractivity contribution in [3.63, 3.8) is 0 Å². The maximum absolute atomic E-state index is 13.2. The first-order chi connectivity index (χ1) is 17.9. The third-order valence-electron chi connectivity index (χ3n) is 6.17. The highest BCUT2D eigenvalue weighted by molar-refractivity contribution is 6.39. The van der Waals surface area contributed by atoms with Gasteiger partial charge in [-0.25, -0.2) is 9.98 Å². The first-order valence-corrected chi connectivity index (χ1v) is 12.2. The number of aliphatic imine (C=N–C) groups is 2. The van der Waals surface area contributed by atoms with Crippen LogP contribution in [0.5, 0.6) is 0 Å². The minimum atomic E-state index is -4.77. The van der Waals surface area contributed by atoms with E-state index < -0.39 is 30.7 Å². The fraction of sp³-hybridized carbons (Fsp3) is 0.435. The molecule has 1 fully saturated rings. The number of anilines is 2. The summed E-state index contributed by atoms with van der Waals surface area (Å²) in [4.78, 5) is 24.0. The molecule has 0 aliphatic heterocycles. The summed E-state index contributed by atoms with van der Waals surface area (Å²) in [6.07, 6.45) is -2.78. The molecule has 1 aromatic heterocycles. The van der Waals surface area contributed by atoms with Gasteiger partial charge >= 0.3 is 6.18 Å². The van der Waals surface area contributed by atoms with Gasteiger partial charge in [0, 0.05) is 12.0 Å². The lowest BCUT2D eigenvalue weighted by Gasteiger charge is -2.29. The second-order valence-corrected chi connectivity index (χ2v) is 9.50. The number of aromatic nitrogens is 2. The van der Waals surface area contributed by atoms with Crippen molar-refractivity contribution in [2.75, 3.05) is 11.9 Å². The average molecular weight is 573 g/mol. The number of hydrogen-bond acceptors (Lipinski definition) is 6. The lowest BCUT2D eigenvalue weighted by atomic mass is 9.85. The van der Waals surface area contributed by atoms with Gasteiger partial charge in [-0.1, -0.05) is 23.2 Å². The monoisotopic (exact) mass is 572 g/mol. The van der Waals surface area contributed by atoms with Crippen molar-refractivity contribution in [1.29, 1.82) is 5.26 Å². The number of aliphatic hydroxyl groups excluding tert-OH is 1. The number of hydrogen-bond donors (Lipinski definition) is 4. The van der Waals surface area contributed by atoms with E-state index in [1.54, 1.807) is 11.5 Å². The molecule has 1 atom stereocenters. The Kier molecular flexibility index (Phi) is 9.24. The van der Waals surface area contributed by atoms with Crippen LogP contribution in [-0.4, -0.2) is 52.1 Å². The Morgan fingerprint density at radius 2 is 1.95 bits per heavy atom. The zero-order valence-corrected chi connectivity index (χ0v) is 21.7. The number of nitrogens with zero attached hydrogens (tertiary/aromatic N) is 5. The number of rotatable bonds is 7. The van der Waals surface area contributed by atoms with Crippen LogP contribution in [0.15, 0.2) is 22.1 Å². The molecule has 1 saturated carbocycles. The predicted octanol–water partition coefficient (Wildman–Crippen LogP) is 4.53. The number of benzene rings is 1. The third-order valence-corrected chi connectivity index (χ3v) is 6.76. The molecule has 204 valence electrons. The molecule has 2 aromatic rings. The fourth-order valence-electron chi connectivity index (χ4n) is 4.19. The van der Waals surface area contributed by atoms with Crippen LogP contribution in [0.25, 0.3) is 0 Å². The van der Waals surface area contributed by atoms with Gasteiger partial charge in [0.1, 0.15) is 6.04 Å². The number of guanidine groups is 1. The zero-order valence-electron chi connectivity index (χ0n) is 20.2. The predicted molar refractivity (Wildman–Crippen MR) is 138 cm³/mol. The molecule has 1 heterocycles. The molecule has 0 saturated heterocycles. The number of aryl methyl sites for hydroxylation is 1. The van der Waals surface area contributed by atoms with E-state index in [0.29, 0.717) is 31.4 Å². The van der Waals surface area contributed by atoms with E-state index >= 15 is 0 Å². The van der Waals surface area contributed by atoms with Gasteiger partial charge in [-0.2, -0.15) is 23.4 Å². The van der Waals surface area contributed by atoms with Crippen LogP contribution in [0.2, 0.25) is 10.0 Å². The summed E-state index contributed by atoms with van der Waals surface area (Å²) in [5.74, 6) is -0.773. The summed E-state index contributed by atoms with van der Waals surface area (Å²) in [7, 11) is 0. The van der Waals surface area contributed by atoms with Gasteiger partial charge in [0.15, 0.2) is 5.82 Å². The van der Waals surface area contributed by atoms with Gasteiger partial charge in [0.25, 0.3) is 0 Å². The van der Waals surface area contributed by atoms with E-state index in [2.05, 4.69) is 32.3 Å². The fourth-order valence-corrected chi connectivity index (χ4v) is 4.78.